The summed E-state index contributed by atoms with van der Waals surface area (Å²) in [5.74, 6) is 1.42. The molecule has 2 aromatic carbocycles. The predicted molar refractivity (Wildman–Crippen MR) is 107 cm³/mol. The number of rotatable bonds is 5. The topological polar surface area (TPSA) is 58.4 Å². The van der Waals surface area contributed by atoms with Crippen LogP contribution in [0.15, 0.2) is 71.1 Å². The normalized spacial score (nSPS) is 10.9. The van der Waals surface area contributed by atoms with Crippen molar-refractivity contribution < 1.29 is 9.21 Å². The van der Waals surface area contributed by atoms with E-state index in [9.17, 15) is 4.79 Å². The second-order valence-corrected chi connectivity index (χ2v) is 7.28. The highest BCUT2D eigenvalue weighted by molar-refractivity contribution is 7.21. The molecule has 0 aliphatic heterocycles. The lowest BCUT2D eigenvalue weighted by Gasteiger charge is -2.17. The largest absolute Gasteiger partial charge is 0.457 e. The van der Waals surface area contributed by atoms with Gasteiger partial charge in [0.25, 0.3) is 0 Å². The molecule has 136 valence electrons. The number of furan rings is 1. The van der Waals surface area contributed by atoms with E-state index >= 15 is 0 Å². The second-order valence-electron chi connectivity index (χ2n) is 6.25. The lowest BCUT2D eigenvalue weighted by molar-refractivity contribution is 0.205. The molecule has 2 amide bonds. The number of nitrogens with one attached hydrogen (secondary N) is 1. The van der Waals surface area contributed by atoms with Gasteiger partial charge in [-0.05, 0) is 29.8 Å². The average Bonchev–Trinajstić information content (AvgIpc) is 3.33. The third-order valence-corrected chi connectivity index (χ3v) is 5.24. The summed E-state index contributed by atoms with van der Waals surface area (Å²) in [7, 11) is 1.77. The number of urea groups is 1. The van der Waals surface area contributed by atoms with Gasteiger partial charge < -0.3 is 14.6 Å². The fraction of sp³-hybridized carbons (Fsp3) is 0.143. The Bertz CT molecular complexity index is 1020. The Morgan fingerprint density at radius 2 is 1.85 bits per heavy atom. The molecule has 6 heteroatoms. The van der Waals surface area contributed by atoms with Crippen LogP contribution in [0.1, 0.15) is 11.3 Å². The van der Waals surface area contributed by atoms with Crippen molar-refractivity contribution in [2.75, 3.05) is 7.05 Å². The van der Waals surface area contributed by atoms with E-state index in [-0.39, 0.29) is 6.03 Å². The van der Waals surface area contributed by atoms with E-state index in [4.69, 9.17) is 4.42 Å². The lowest BCUT2D eigenvalue weighted by atomic mass is 10.2. The average molecular weight is 377 g/mol. The van der Waals surface area contributed by atoms with Gasteiger partial charge in [0.15, 0.2) is 10.8 Å². The molecule has 0 spiro atoms. The standard InChI is InChI=1S/C21H19N3O2S/c1-24(14-15-7-3-2-4-8-15)21(25)22-13-16-11-12-18(26-16)20-23-17-9-5-6-10-19(17)27-20/h2-12H,13-14H2,1H3,(H,22,25). The molecule has 2 heterocycles. The van der Waals surface area contributed by atoms with Crippen LogP contribution in [-0.2, 0) is 13.1 Å². The summed E-state index contributed by atoms with van der Waals surface area (Å²) in [5.41, 5.74) is 2.05. The number of hydrogen-bond acceptors (Lipinski definition) is 4. The van der Waals surface area contributed by atoms with E-state index in [1.165, 1.54) is 0 Å². The van der Waals surface area contributed by atoms with Gasteiger partial charge in [-0.2, -0.15) is 0 Å². The number of aromatic nitrogens is 1. The highest BCUT2D eigenvalue weighted by Crippen LogP contribution is 2.31. The summed E-state index contributed by atoms with van der Waals surface area (Å²) in [4.78, 5) is 18.5. The lowest BCUT2D eigenvalue weighted by Crippen LogP contribution is -2.36. The first kappa shape index (κ1) is 17.3. The van der Waals surface area contributed by atoms with Crippen LogP contribution in [0.4, 0.5) is 4.79 Å². The van der Waals surface area contributed by atoms with Crippen LogP contribution in [0.3, 0.4) is 0 Å². The highest BCUT2D eigenvalue weighted by atomic mass is 32.1. The number of benzene rings is 2. The molecular formula is C21H19N3O2S. The van der Waals surface area contributed by atoms with Crippen molar-refractivity contribution in [2.24, 2.45) is 0 Å². The molecule has 0 atom stereocenters. The number of thiazole rings is 1. The SMILES string of the molecule is CN(Cc1ccccc1)C(=O)NCc1ccc(-c2nc3ccccc3s2)o1. The fourth-order valence-electron chi connectivity index (χ4n) is 2.79. The number of fused-ring (bicyclic) bond motifs is 1. The van der Waals surface area contributed by atoms with Gasteiger partial charge in [-0.1, -0.05) is 42.5 Å². The smallest absolute Gasteiger partial charge is 0.317 e. The molecule has 0 fully saturated rings. The summed E-state index contributed by atoms with van der Waals surface area (Å²) in [6.07, 6.45) is 0. The van der Waals surface area contributed by atoms with Gasteiger partial charge in [-0.25, -0.2) is 9.78 Å². The molecule has 4 aromatic rings. The first-order chi connectivity index (χ1) is 13.2. The molecule has 0 saturated carbocycles. The van der Waals surface area contributed by atoms with E-state index in [0.29, 0.717) is 18.8 Å². The van der Waals surface area contributed by atoms with Crippen LogP contribution in [0, 0.1) is 0 Å². The molecule has 0 radical (unpaired) electrons. The zero-order chi connectivity index (χ0) is 18.6. The first-order valence-electron chi connectivity index (χ1n) is 8.66. The van der Waals surface area contributed by atoms with Gasteiger partial charge >= 0.3 is 6.03 Å². The summed E-state index contributed by atoms with van der Waals surface area (Å²) in [6, 6.07) is 21.5. The van der Waals surface area contributed by atoms with Crippen molar-refractivity contribution in [2.45, 2.75) is 13.1 Å². The van der Waals surface area contributed by atoms with Crippen molar-refractivity contribution in [3.05, 3.63) is 78.1 Å². The Balaban J connectivity index is 1.37. The van der Waals surface area contributed by atoms with Gasteiger partial charge in [0, 0.05) is 13.6 Å². The fourth-order valence-corrected chi connectivity index (χ4v) is 3.72. The highest BCUT2D eigenvalue weighted by Gasteiger charge is 2.12. The van der Waals surface area contributed by atoms with E-state index in [0.717, 1.165) is 26.5 Å². The van der Waals surface area contributed by atoms with Gasteiger partial charge in [-0.15, -0.1) is 11.3 Å². The van der Waals surface area contributed by atoms with Gasteiger partial charge in [0.1, 0.15) is 5.76 Å². The molecule has 0 aliphatic carbocycles. The Hall–Kier alpha value is -3.12. The van der Waals surface area contributed by atoms with Crippen molar-refractivity contribution in [1.29, 1.82) is 0 Å². The number of hydrogen-bond donors (Lipinski definition) is 1. The van der Waals surface area contributed by atoms with Crippen LogP contribution in [-0.4, -0.2) is 23.0 Å². The minimum Gasteiger partial charge on any atom is -0.457 e. The molecule has 0 unspecified atom stereocenters. The van der Waals surface area contributed by atoms with Gasteiger partial charge in [-0.3, -0.25) is 0 Å². The Morgan fingerprint density at radius 3 is 2.67 bits per heavy atom. The maximum absolute atomic E-state index is 12.3. The van der Waals surface area contributed by atoms with Crippen molar-refractivity contribution >= 4 is 27.6 Å². The van der Waals surface area contributed by atoms with Crippen molar-refractivity contribution in [3.63, 3.8) is 0 Å². The van der Waals surface area contributed by atoms with Crippen LogP contribution in [0.2, 0.25) is 0 Å². The minimum atomic E-state index is -0.142. The van der Waals surface area contributed by atoms with E-state index in [1.54, 1.807) is 23.3 Å². The van der Waals surface area contributed by atoms with E-state index in [1.807, 2.05) is 66.7 Å². The van der Waals surface area contributed by atoms with Crippen molar-refractivity contribution in [3.8, 4) is 10.8 Å². The third kappa shape index (κ3) is 4.01. The molecule has 1 N–H and O–H groups in total. The number of amides is 2. The summed E-state index contributed by atoms with van der Waals surface area (Å²) in [5, 5.41) is 3.73. The molecule has 2 aromatic heterocycles. The van der Waals surface area contributed by atoms with Gasteiger partial charge in [0.2, 0.25) is 0 Å². The van der Waals surface area contributed by atoms with Crippen LogP contribution in [0.25, 0.3) is 21.0 Å². The van der Waals surface area contributed by atoms with Crippen LogP contribution < -0.4 is 5.32 Å². The van der Waals surface area contributed by atoms with Crippen LogP contribution in [0.5, 0.6) is 0 Å². The molecule has 27 heavy (non-hydrogen) atoms. The number of nitrogens with zero attached hydrogens (tertiary/aromatic N) is 2. The number of para-hydroxylation sites is 1. The molecule has 5 nitrogen and oxygen atoms in total. The Labute approximate surface area is 161 Å². The predicted octanol–water partition coefficient (Wildman–Crippen LogP) is 4.90. The first-order valence-corrected chi connectivity index (χ1v) is 9.48. The second kappa shape index (κ2) is 7.63. The summed E-state index contributed by atoms with van der Waals surface area (Å²) >= 11 is 1.59. The minimum absolute atomic E-state index is 0.142. The summed E-state index contributed by atoms with van der Waals surface area (Å²) < 4.78 is 6.99. The maximum Gasteiger partial charge on any atom is 0.317 e. The number of carbonyl (C=O) groups is 1. The Morgan fingerprint density at radius 1 is 1.07 bits per heavy atom. The monoisotopic (exact) mass is 377 g/mol. The molecule has 0 saturated heterocycles. The quantitative estimate of drug-likeness (QED) is 0.538. The van der Waals surface area contributed by atoms with Crippen LogP contribution >= 0.6 is 11.3 Å². The van der Waals surface area contributed by atoms with Gasteiger partial charge in [0.05, 0.1) is 16.8 Å². The summed E-state index contributed by atoms with van der Waals surface area (Å²) in [6.45, 7) is 0.893. The van der Waals surface area contributed by atoms with E-state index in [2.05, 4.69) is 10.3 Å². The third-order valence-electron chi connectivity index (χ3n) is 4.19. The molecule has 0 bridgehead atoms. The van der Waals surface area contributed by atoms with Crippen molar-refractivity contribution in [1.82, 2.24) is 15.2 Å². The molecular weight excluding hydrogens is 358 g/mol. The zero-order valence-corrected chi connectivity index (χ0v) is 15.7. The molecule has 0 aliphatic rings. The Kier molecular flexibility index (Phi) is 4.89. The number of carbonyl (C=O) groups excluding carboxylic acids is 1. The maximum atomic E-state index is 12.3. The zero-order valence-electron chi connectivity index (χ0n) is 14.9. The molecule has 4 rings (SSSR count). The van der Waals surface area contributed by atoms with E-state index < -0.39 is 0 Å².